The van der Waals surface area contributed by atoms with Gasteiger partial charge in [-0.25, -0.2) is 0 Å². The van der Waals surface area contributed by atoms with Gasteiger partial charge in [-0.15, -0.1) is 0 Å². The Kier molecular flexibility index (Phi) is 17.5. The molecule has 4 nitrogen and oxygen atoms in total. The second-order valence-corrected chi connectivity index (χ2v) is 26.8. The highest BCUT2D eigenvalue weighted by molar-refractivity contribution is 6.93. The van der Waals surface area contributed by atoms with Gasteiger partial charge in [-0.1, -0.05) is 130 Å². The lowest BCUT2D eigenvalue weighted by atomic mass is 10.2. The van der Waals surface area contributed by atoms with Gasteiger partial charge in [0.05, 0.1) is 0 Å². The van der Waals surface area contributed by atoms with E-state index in [1.807, 2.05) is 0 Å². The quantitative estimate of drug-likeness (QED) is 0.107. The van der Waals surface area contributed by atoms with Crippen molar-refractivity contribution in [2.24, 2.45) is 0 Å². The van der Waals surface area contributed by atoms with Crippen molar-refractivity contribution in [2.75, 3.05) is 0 Å². The molecule has 0 radical (unpaired) electrons. The van der Waals surface area contributed by atoms with Crippen LogP contribution in [0.3, 0.4) is 0 Å². The van der Waals surface area contributed by atoms with Gasteiger partial charge >= 0.3 is 34.2 Å². The predicted octanol–water partition coefficient (Wildman–Crippen LogP) is 10.7. The van der Waals surface area contributed by atoms with Gasteiger partial charge < -0.3 is 16.5 Å². The Morgan fingerprint density at radius 1 is 0.333 bits per heavy atom. The number of hydrogen-bond donors (Lipinski definition) is 0. The molecule has 0 aromatic rings. The van der Waals surface area contributed by atoms with Crippen LogP contribution in [0.25, 0.3) is 0 Å². The fourth-order valence-electron chi connectivity index (χ4n) is 5.85. The van der Waals surface area contributed by atoms with Crippen LogP contribution >= 0.6 is 0 Å². The van der Waals surface area contributed by atoms with Crippen molar-refractivity contribution in [3.05, 3.63) is 0 Å². The molecule has 1 rings (SSSR count). The van der Waals surface area contributed by atoms with E-state index in [9.17, 15) is 0 Å². The summed E-state index contributed by atoms with van der Waals surface area (Å²) < 4.78 is 29.2. The van der Waals surface area contributed by atoms with Crippen LogP contribution in [0.15, 0.2) is 0 Å². The third-order valence-electron chi connectivity index (χ3n) is 7.37. The van der Waals surface area contributed by atoms with Crippen molar-refractivity contribution in [3.8, 4) is 0 Å². The zero-order valence-electron chi connectivity index (χ0n) is 25.8. The molecule has 216 valence electrons. The summed E-state index contributed by atoms with van der Waals surface area (Å²) in [5, 5.41) is 0. The molecule has 0 unspecified atom stereocenters. The Morgan fingerprint density at radius 3 is 0.861 bits per heavy atom. The van der Waals surface area contributed by atoms with E-state index in [1.165, 1.54) is 103 Å². The fraction of sp³-hybridized carbons (Fsp3) is 1.00. The summed E-state index contributed by atoms with van der Waals surface area (Å²) in [5.74, 6) is 0. The standard InChI is InChI=1S/C28H64O4Si4/c1-9-13-17-21-25-35(26-22-18-14-10-2)30-33(5,6)29-34(7,8)31-36(32-35,27-23-19-15-11-3)28-24-20-16-12-4/h9-28H2,1-8H3. The Balaban J connectivity index is 3.34. The molecule has 0 aromatic carbocycles. The Labute approximate surface area is 231 Å². The van der Waals surface area contributed by atoms with E-state index in [0.717, 1.165) is 24.2 Å². The minimum Gasteiger partial charge on any atom is -0.416 e. The van der Waals surface area contributed by atoms with Crippen LogP contribution in [-0.2, 0) is 16.5 Å². The second-order valence-electron chi connectivity index (χ2n) is 12.3. The van der Waals surface area contributed by atoms with Crippen molar-refractivity contribution in [3.63, 3.8) is 0 Å². The van der Waals surface area contributed by atoms with Gasteiger partial charge in [-0.05, 0) is 50.4 Å². The summed E-state index contributed by atoms with van der Waals surface area (Å²) in [6.07, 6.45) is 20.4. The van der Waals surface area contributed by atoms with Crippen molar-refractivity contribution in [1.29, 1.82) is 0 Å². The van der Waals surface area contributed by atoms with Gasteiger partial charge in [0, 0.05) is 0 Å². The topological polar surface area (TPSA) is 36.9 Å². The summed E-state index contributed by atoms with van der Waals surface area (Å²) >= 11 is 0. The molecule has 0 amide bonds. The monoisotopic (exact) mass is 576 g/mol. The molecule has 0 aromatic heterocycles. The maximum absolute atomic E-state index is 7.68. The van der Waals surface area contributed by atoms with E-state index in [0.29, 0.717) is 0 Å². The van der Waals surface area contributed by atoms with Crippen molar-refractivity contribution >= 4 is 34.2 Å². The van der Waals surface area contributed by atoms with Gasteiger partial charge in [0.1, 0.15) is 0 Å². The molecular weight excluding hydrogens is 513 g/mol. The molecule has 0 saturated carbocycles. The minimum atomic E-state index is -2.44. The average Bonchev–Trinajstić information content (AvgIpc) is 2.78. The van der Waals surface area contributed by atoms with Gasteiger partial charge in [-0.3, -0.25) is 0 Å². The molecular formula is C28H64O4Si4. The molecule has 36 heavy (non-hydrogen) atoms. The van der Waals surface area contributed by atoms with E-state index >= 15 is 0 Å². The van der Waals surface area contributed by atoms with Gasteiger partial charge in [0.15, 0.2) is 0 Å². The average molecular weight is 577 g/mol. The summed E-state index contributed by atoms with van der Waals surface area (Å²) in [6.45, 7) is 18.2. The van der Waals surface area contributed by atoms with Crippen LogP contribution < -0.4 is 0 Å². The number of hydrogen-bond acceptors (Lipinski definition) is 4. The zero-order valence-corrected chi connectivity index (χ0v) is 29.8. The van der Waals surface area contributed by atoms with E-state index < -0.39 is 34.2 Å². The predicted molar refractivity (Wildman–Crippen MR) is 167 cm³/mol. The summed E-state index contributed by atoms with van der Waals surface area (Å²) in [6, 6.07) is 4.51. The first-order valence-corrected chi connectivity index (χ1v) is 26.0. The first kappa shape index (κ1) is 34.7. The van der Waals surface area contributed by atoms with Crippen LogP contribution in [0.5, 0.6) is 0 Å². The zero-order chi connectivity index (χ0) is 27.0. The van der Waals surface area contributed by atoms with Crippen LogP contribution in [0.2, 0.25) is 50.4 Å². The van der Waals surface area contributed by atoms with E-state index in [1.54, 1.807) is 0 Å². The number of unbranched alkanes of at least 4 members (excludes halogenated alkanes) is 12. The normalized spacial score (nSPS) is 20.7. The largest absolute Gasteiger partial charge is 0.416 e. The molecule has 0 atom stereocenters. The lowest BCUT2D eigenvalue weighted by Gasteiger charge is -2.51. The Hall–Kier alpha value is 0.708. The smallest absolute Gasteiger partial charge is 0.320 e. The first-order valence-electron chi connectivity index (χ1n) is 15.9. The van der Waals surface area contributed by atoms with Crippen LogP contribution in [0.4, 0.5) is 0 Å². The van der Waals surface area contributed by atoms with Gasteiger partial charge in [0.25, 0.3) is 0 Å². The highest BCUT2D eigenvalue weighted by Crippen LogP contribution is 2.41. The van der Waals surface area contributed by atoms with Crippen molar-refractivity contribution in [1.82, 2.24) is 0 Å². The molecule has 1 saturated heterocycles. The van der Waals surface area contributed by atoms with Gasteiger partial charge in [-0.2, -0.15) is 0 Å². The third-order valence-corrected chi connectivity index (χ3v) is 25.7. The van der Waals surface area contributed by atoms with Crippen LogP contribution in [-0.4, -0.2) is 34.2 Å². The second kappa shape index (κ2) is 18.1. The van der Waals surface area contributed by atoms with Crippen molar-refractivity contribution < 1.29 is 16.5 Å². The Morgan fingerprint density at radius 2 is 0.611 bits per heavy atom. The molecule has 0 N–H and O–H groups in total. The lowest BCUT2D eigenvalue weighted by Crippen LogP contribution is -2.67. The SMILES string of the molecule is CCCCCC[Si]1(CCCCCC)O[Si](C)(C)O[Si](C)(C)O[Si](CCCCCC)(CCCCCC)O1. The molecule has 1 fully saturated rings. The maximum atomic E-state index is 7.68. The number of rotatable bonds is 20. The van der Waals surface area contributed by atoms with E-state index in [-0.39, 0.29) is 0 Å². The summed E-state index contributed by atoms with van der Waals surface area (Å²) in [4.78, 5) is 0. The van der Waals surface area contributed by atoms with Gasteiger partial charge in [0.2, 0.25) is 0 Å². The molecule has 0 spiro atoms. The Bertz CT molecular complexity index is 490. The molecule has 0 bridgehead atoms. The molecule has 1 aliphatic heterocycles. The van der Waals surface area contributed by atoms with Crippen LogP contribution in [0, 0.1) is 0 Å². The summed E-state index contributed by atoms with van der Waals surface area (Å²) in [7, 11) is -9.55. The third kappa shape index (κ3) is 14.2. The summed E-state index contributed by atoms with van der Waals surface area (Å²) in [5.41, 5.74) is 0. The first-order chi connectivity index (χ1) is 17.1. The van der Waals surface area contributed by atoms with Crippen molar-refractivity contribution in [2.45, 2.75) is 181 Å². The lowest BCUT2D eigenvalue weighted by molar-refractivity contribution is 0.218. The van der Waals surface area contributed by atoms with E-state index in [2.05, 4.69) is 53.9 Å². The molecule has 0 aliphatic carbocycles. The highest BCUT2D eigenvalue weighted by Gasteiger charge is 2.56. The minimum absolute atomic E-state index is 1.13. The highest BCUT2D eigenvalue weighted by atomic mass is 28.5. The fourth-order valence-corrected chi connectivity index (χ4v) is 29.6. The maximum Gasteiger partial charge on any atom is 0.320 e. The molecule has 1 aliphatic rings. The van der Waals surface area contributed by atoms with E-state index in [4.69, 9.17) is 16.5 Å². The molecule has 8 heteroatoms. The van der Waals surface area contributed by atoms with Crippen LogP contribution in [0.1, 0.15) is 130 Å². The molecule has 1 heterocycles.